The summed E-state index contributed by atoms with van der Waals surface area (Å²) in [5, 5.41) is 20.6. The smallest absolute Gasteiger partial charge is 0.271 e. The number of hydrogen-bond acceptors (Lipinski definition) is 4. The number of hydrogen-bond donors (Lipinski definition) is 1. The SMILES string of the molecule is CC1(O)CCN(C(=O)c2cc([N+](=O)[O-])cc(Cl)c2Cl)C1. The highest BCUT2D eigenvalue weighted by atomic mass is 35.5. The molecule has 0 bridgehead atoms. The van der Waals surface area contributed by atoms with Crippen molar-refractivity contribution in [3.8, 4) is 0 Å². The number of nitrogens with zero attached hydrogens (tertiary/aromatic N) is 2. The Bertz CT molecular complexity index is 589. The zero-order valence-electron chi connectivity index (χ0n) is 10.6. The maximum absolute atomic E-state index is 12.3. The van der Waals surface area contributed by atoms with Gasteiger partial charge in [-0.15, -0.1) is 0 Å². The van der Waals surface area contributed by atoms with E-state index in [1.54, 1.807) is 6.92 Å². The number of β-amino-alcohol motifs (C(OH)–C–C–N with tert-alkyl or cyclic N) is 1. The number of aliphatic hydroxyl groups is 1. The van der Waals surface area contributed by atoms with E-state index in [9.17, 15) is 20.0 Å². The fourth-order valence-corrected chi connectivity index (χ4v) is 2.53. The lowest BCUT2D eigenvalue weighted by Gasteiger charge is -2.19. The molecule has 1 aromatic rings. The van der Waals surface area contributed by atoms with Gasteiger partial charge in [0, 0.05) is 25.2 Å². The van der Waals surface area contributed by atoms with Crippen molar-refractivity contribution in [1.29, 1.82) is 0 Å². The minimum Gasteiger partial charge on any atom is -0.388 e. The standard InChI is InChI=1S/C12H12Cl2N2O4/c1-12(18)2-3-15(6-12)11(17)8-4-7(16(19)20)5-9(13)10(8)14/h4-5,18H,2-3,6H2,1H3. The van der Waals surface area contributed by atoms with Gasteiger partial charge in [-0.2, -0.15) is 0 Å². The van der Waals surface area contributed by atoms with Gasteiger partial charge in [0.05, 0.1) is 26.1 Å². The van der Waals surface area contributed by atoms with Gasteiger partial charge in [0.25, 0.3) is 11.6 Å². The summed E-state index contributed by atoms with van der Waals surface area (Å²) >= 11 is 11.8. The first-order valence-corrected chi connectivity index (χ1v) is 6.62. The molecule has 1 heterocycles. The Morgan fingerprint density at radius 2 is 2.15 bits per heavy atom. The third kappa shape index (κ3) is 2.87. The molecule has 20 heavy (non-hydrogen) atoms. The molecule has 1 amide bonds. The number of carbonyl (C=O) groups excluding carboxylic acids is 1. The predicted molar refractivity (Wildman–Crippen MR) is 74.3 cm³/mol. The molecule has 1 N–H and O–H groups in total. The van der Waals surface area contributed by atoms with E-state index in [1.807, 2.05) is 0 Å². The van der Waals surface area contributed by atoms with Crippen molar-refractivity contribution in [1.82, 2.24) is 4.90 Å². The Balaban J connectivity index is 2.37. The number of nitro groups is 1. The Morgan fingerprint density at radius 1 is 1.50 bits per heavy atom. The summed E-state index contributed by atoms with van der Waals surface area (Å²) in [6.07, 6.45) is 0.443. The van der Waals surface area contributed by atoms with E-state index < -0.39 is 16.4 Å². The number of amides is 1. The lowest BCUT2D eigenvalue weighted by molar-refractivity contribution is -0.384. The molecule has 8 heteroatoms. The van der Waals surface area contributed by atoms with Crippen LogP contribution in [0.1, 0.15) is 23.7 Å². The average molecular weight is 319 g/mol. The van der Waals surface area contributed by atoms with Crippen LogP contribution in [0.3, 0.4) is 0 Å². The van der Waals surface area contributed by atoms with Crippen molar-refractivity contribution in [3.05, 3.63) is 37.9 Å². The van der Waals surface area contributed by atoms with Gasteiger partial charge in [0.2, 0.25) is 0 Å². The summed E-state index contributed by atoms with van der Waals surface area (Å²) < 4.78 is 0. The third-order valence-electron chi connectivity index (χ3n) is 3.19. The van der Waals surface area contributed by atoms with Crippen LogP contribution in [0.4, 0.5) is 5.69 Å². The first kappa shape index (κ1) is 15.0. The van der Waals surface area contributed by atoms with Gasteiger partial charge >= 0.3 is 0 Å². The molecule has 0 aromatic heterocycles. The molecule has 0 radical (unpaired) electrons. The van der Waals surface area contributed by atoms with Crippen molar-refractivity contribution in [2.24, 2.45) is 0 Å². The van der Waals surface area contributed by atoms with Crippen LogP contribution in [0, 0.1) is 10.1 Å². The maximum atomic E-state index is 12.3. The molecule has 1 atom stereocenters. The number of non-ortho nitro benzene ring substituents is 1. The van der Waals surface area contributed by atoms with E-state index in [-0.39, 0.29) is 27.8 Å². The van der Waals surface area contributed by atoms with Gasteiger partial charge < -0.3 is 10.0 Å². The van der Waals surface area contributed by atoms with Crippen LogP contribution in [-0.2, 0) is 0 Å². The van der Waals surface area contributed by atoms with E-state index in [0.29, 0.717) is 13.0 Å². The van der Waals surface area contributed by atoms with Crippen LogP contribution in [0.2, 0.25) is 10.0 Å². The first-order chi connectivity index (χ1) is 9.21. The number of nitro benzene ring substituents is 1. The Hall–Kier alpha value is -1.37. The van der Waals surface area contributed by atoms with E-state index >= 15 is 0 Å². The van der Waals surface area contributed by atoms with Crippen molar-refractivity contribution >= 4 is 34.8 Å². The summed E-state index contributed by atoms with van der Waals surface area (Å²) in [4.78, 5) is 23.9. The highest BCUT2D eigenvalue weighted by Gasteiger charge is 2.35. The van der Waals surface area contributed by atoms with Gasteiger partial charge in [-0.05, 0) is 13.3 Å². The fourth-order valence-electron chi connectivity index (χ4n) is 2.12. The molecule has 1 aromatic carbocycles. The van der Waals surface area contributed by atoms with E-state index in [0.717, 1.165) is 12.1 Å². The second kappa shape index (κ2) is 5.20. The quantitative estimate of drug-likeness (QED) is 0.670. The molecule has 1 aliphatic rings. The van der Waals surface area contributed by atoms with Crippen LogP contribution in [0.25, 0.3) is 0 Å². The van der Waals surface area contributed by atoms with Crippen LogP contribution < -0.4 is 0 Å². The van der Waals surface area contributed by atoms with Gasteiger partial charge in [0.15, 0.2) is 0 Å². The van der Waals surface area contributed by atoms with Crippen LogP contribution >= 0.6 is 23.2 Å². The lowest BCUT2D eigenvalue weighted by atomic mass is 10.1. The number of carbonyl (C=O) groups is 1. The molecule has 1 unspecified atom stereocenters. The minimum atomic E-state index is -0.952. The third-order valence-corrected chi connectivity index (χ3v) is 4.00. The lowest BCUT2D eigenvalue weighted by Crippen LogP contribution is -2.34. The van der Waals surface area contributed by atoms with Gasteiger partial charge in [-0.25, -0.2) is 0 Å². The molecule has 1 saturated heterocycles. The average Bonchev–Trinajstić information content (AvgIpc) is 2.72. The number of rotatable bonds is 2. The molecule has 1 fully saturated rings. The number of benzene rings is 1. The van der Waals surface area contributed by atoms with Crippen molar-refractivity contribution in [3.63, 3.8) is 0 Å². The Kier molecular flexibility index (Phi) is 3.90. The Morgan fingerprint density at radius 3 is 2.65 bits per heavy atom. The van der Waals surface area contributed by atoms with Gasteiger partial charge in [-0.1, -0.05) is 23.2 Å². The largest absolute Gasteiger partial charge is 0.388 e. The van der Waals surface area contributed by atoms with E-state index in [2.05, 4.69) is 0 Å². The maximum Gasteiger partial charge on any atom is 0.271 e. The minimum absolute atomic E-state index is 0.0196. The van der Waals surface area contributed by atoms with Crippen molar-refractivity contribution in [2.45, 2.75) is 18.9 Å². The number of halogens is 2. The summed E-state index contributed by atoms with van der Waals surface area (Å²) in [6.45, 7) is 2.15. The zero-order chi connectivity index (χ0) is 15.1. The summed E-state index contributed by atoms with van der Waals surface area (Å²) in [6, 6.07) is 2.20. The summed E-state index contributed by atoms with van der Waals surface area (Å²) in [7, 11) is 0. The Labute approximate surface area is 125 Å². The first-order valence-electron chi connectivity index (χ1n) is 5.86. The molecule has 6 nitrogen and oxygen atoms in total. The number of likely N-dealkylation sites (tertiary alicyclic amines) is 1. The molecule has 108 valence electrons. The van der Waals surface area contributed by atoms with Crippen LogP contribution in [0.15, 0.2) is 12.1 Å². The summed E-state index contributed by atoms with van der Waals surface area (Å²) in [5.41, 5.74) is -1.27. The molecule has 2 rings (SSSR count). The van der Waals surface area contributed by atoms with Crippen molar-refractivity contribution in [2.75, 3.05) is 13.1 Å². The monoisotopic (exact) mass is 318 g/mol. The molecule has 0 saturated carbocycles. The van der Waals surface area contributed by atoms with Crippen LogP contribution in [-0.4, -0.2) is 39.5 Å². The normalized spacial score (nSPS) is 22.1. The zero-order valence-corrected chi connectivity index (χ0v) is 12.1. The molecule has 0 spiro atoms. The highest BCUT2D eigenvalue weighted by molar-refractivity contribution is 6.44. The highest BCUT2D eigenvalue weighted by Crippen LogP contribution is 2.33. The van der Waals surface area contributed by atoms with E-state index in [1.165, 1.54) is 4.90 Å². The van der Waals surface area contributed by atoms with Gasteiger partial charge in [-0.3, -0.25) is 14.9 Å². The second-order valence-electron chi connectivity index (χ2n) is 5.02. The predicted octanol–water partition coefficient (Wildman–Crippen LogP) is 2.50. The van der Waals surface area contributed by atoms with Gasteiger partial charge in [0.1, 0.15) is 0 Å². The van der Waals surface area contributed by atoms with E-state index in [4.69, 9.17) is 23.2 Å². The fraction of sp³-hybridized carbons (Fsp3) is 0.417. The second-order valence-corrected chi connectivity index (χ2v) is 5.81. The molecule has 0 aliphatic carbocycles. The molecular formula is C12H12Cl2N2O4. The molecule has 1 aliphatic heterocycles. The summed E-state index contributed by atoms with van der Waals surface area (Å²) in [5.74, 6) is -0.474. The topological polar surface area (TPSA) is 83.7 Å². The van der Waals surface area contributed by atoms with Crippen LogP contribution in [0.5, 0.6) is 0 Å². The molecular weight excluding hydrogens is 307 g/mol. The van der Waals surface area contributed by atoms with Crippen molar-refractivity contribution < 1.29 is 14.8 Å².